The molecule has 1 saturated carbocycles. The fourth-order valence-electron chi connectivity index (χ4n) is 4.86. The maximum absolute atomic E-state index is 6.26. The topological polar surface area (TPSA) is 125 Å². The molecule has 0 saturated heterocycles. The van der Waals surface area contributed by atoms with Crippen molar-refractivity contribution < 1.29 is 4.74 Å². The van der Waals surface area contributed by atoms with Crippen LogP contribution >= 0.6 is 11.3 Å². The van der Waals surface area contributed by atoms with Crippen LogP contribution in [0.3, 0.4) is 0 Å². The van der Waals surface area contributed by atoms with E-state index < -0.39 is 0 Å². The lowest BCUT2D eigenvalue weighted by molar-refractivity contribution is 0.373. The minimum atomic E-state index is 0.454. The summed E-state index contributed by atoms with van der Waals surface area (Å²) in [4.78, 5) is 18.0. The van der Waals surface area contributed by atoms with Crippen LogP contribution in [0.5, 0.6) is 11.5 Å². The standard InChI is InChI=1S/C29H29N7OS/c30-26-10-6-19(15-32-26)23-12-22(17-34-28(23)20-7-11-27(31)33-16-20)37-21-8-9-24-25(13-21)38-29(36-24)35-14-18-4-2-1-3-5-18/h6-13,15-18H,1-5,14H2,(H2,30,32)(H2,31,33)(H,35,36). The number of rotatable bonds is 7. The predicted molar refractivity (Wildman–Crippen MR) is 154 cm³/mol. The molecule has 5 aromatic rings. The molecular formula is C29H29N7OS. The largest absolute Gasteiger partial charge is 0.456 e. The summed E-state index contributed by atoms with van der Waals surface area (Å²) in [6.45, 7) is 0.994. The molecule has 0 spiro atoms. The second-order valence-electron chi connectivity index (χ2n) is 9.65. The smallest absolute Gasteiger partial charge is 0.183 e. The number of nitrogen functional groups attached to an aromatic ring is 2. The number of nitrogens with zero attached hydrogens (tertiary/aromatic N) is 4. The van der Waals surface area contributed by atoms with E-state index in [1.807, 2.05) is 36.4 Å². The van der Waals surface area contributed by atoms with E-state index in [1.165, 1.54) is 32.1 Å². The number of hydrogen-bond donors (Lipinski definition) is 3. The van der Waals surface area contributed by atoms with E-state index in [4.69, 9.17) is 26.2 Å². The van der Waals surface area contributed by atoms with Crippen LogP contribution in [0.4, 0.5) is 16.8 Å². The van der Waals surface area contributed by atoms with Crippen molar-refractivity contribution in [3.8, 4) is 33.9 Å². The van der Waals surface area contributed by atoms with Gasteiger partial charge in [0.2, 0.25) is 0 Å². The highest BCUT2D eigenvalue weighted by molar-refractivity contribution is 7.22. The zero-order chi connectivity index (χ0) is 25.9. The predicted octanol–water partition coefficient (Wildman–Crippen LogP) is 6.76. The number of fused-ring (bicyclic) bond motifs is 1. The first-order valence-corrected chi connectivity index (χ1v) is 13.7. The van der Waals surface area contributed by atoms with Crippen molar-refractivity contribution in [2.24, 2.45) is 5.92 Å². The highest BCUT2D eigenvalue weighted by atomic mass is 32.1. The lowest BCUT2D eigenvalue weighted by Gasteiger charge is -2.21. The Hall–Kier alpha value is -4.24. The summed E-state index contributed by atoms with van der Waals surface area (Å²) in [5, 5.41) is 4.52. The van der Waals surface area contributed by atoms with Crippen LogP contribution in [0, 0.1) is 5.92 Å². The number of ether oxygens (including phenoxy) is 1. The van der Waals surface area contributed by atoms with E-state index in [9.17, 15) is 0 Å². The molecule has 0 atom stereocenters. The summed E-state index contributed by atoms with van der Waals surface area (Å²) >= 11 is 1.66. The van der Waals surface area contributed by atoms with Crippen molar-refractivity contribution in [3.63, 3.8) is 0 Å². The van der Waals surface area contributed by atoms with E-state index in [0.29, 0.717) is 17.4 Å². The maximum Gasteiger partial charge on any atom is 0.183 e. The molecule has 0 aliphatic heterocycles. The zero-order valence-electron chi connectivity index (χ0n) is 20.9. The number of benzene rings is 1. The Balaban J connectivity index is 1.26. The van der Waals surface area contributed by atoms with Gasteiger partial charge in [0.1, 0.15) is 23.1 Å². The van der Waals surface area contributed by atoms with Gasteiger partial charge in [0.05, 0.1) is 22.1 Å². The molecule has 8 nitrogen and oxygen atoms in total. The number of anilines is 3. The number of thiazole rings is 1. The fourth-order valence-corrected chi connectivity index (χ4v) is 5.77. The van der Waals surface area contributed by atoms with E-state index >= 15 is 0 Å². The Morgan fingerprint density at radius 3 is 2.32 bits per heavy atom. The average Bonchev–Trinajstić information content (AvgIpc) is 3.36. The van der Waals surface area contributed by atoms with Crippen LogP contribution in [0.1, 0.15) is 32.1 Å². The number of hydrogen-bond acceptors (Lipinski definition) is 9. The van der Waals surface area contributed by atoms with E-state index in [-0.39, 0.29) is 0 Å². The normalized spacial score (nSPS) is 14.0. The molecule has 38 heavy (non-hydrogen) atoms. The number of nitrogens with two attached hydrogens (primary N) is 2. The Bertz CT molecular complexity index is 1540. The SMILES string of the molecule is Nc1ccc(-c2cc(Oc3ccc4nc(NCC5CCCCC5)sc4c3)cnc2-c2ccc(N)nc2)cn1. The van der Waals surface area contributed by atoms with Gasteiger partial charge in [0, 0.05) is 41.7 Å². The summed E-state index contributed by atoms with van der Waals surface area (Å²) in [6.07, 6.45) is 11.8. The van der Waals surface area contributed by atoms with Crippen LogP contribution in [0.2, 0.25) is 0 Å². The average molecular weight is 524 g/mol. The second-order valence-corrected chi connectivity index (χ2v) is 10.7. The minimum absolute atomic E-state index is 0.454. The lowest BCUT2D eigenvalue weighted by Crippen LogP contribution is -2.16. The van der Waals surface area contributed by atoms with Gasteiger partial charge in [-0.1, -0.05) is 30.6 Å². The van der Waals surface area contributed by atoms with E-state index in [2.05, 4.69) is 15.3 Å². The highest BCUT2D eigenvalue weighted by Gasteiger charge is 2.15. The van der Waals surface area contributed by atoms with Gasteiger partial charge in [0.25, 0.3) is 0 Å². The first kappa shape index (κ1) is 24.1. The molecule has 192 valence electrons. The molecule has 1 aliphatic carbocycles. The molecule has 0 amide bonds. The first-order chi connectivity index (χ1) is 18.6. The molecule has 1 aromatic carbocycles. The van der Waals surface area contributed by atoms with Crippen LogP contribution < -0.4 is 21.5 Å². The van der Waals surface area contributed by atoms with Crippen molar-refractivity contribution in [1.29, 1.82) is 0 Å². The third kappa shape index (κ3) is 5.38. The van der Waals surface area contributed by atoms with Gasteiger partial charge in [0.15, 0.2) is 5.13 Å². The fraction of sp³-hybridized carbons (Fsp3) is 0.241. The first-order valence-electron chi connectivity index (χ1n) is 12.9. The van der Waals surface area contributed by atoms with Crippen LogP contribution in [-0.4, -0.2) is 26.5 Å². The van der Waals surface area contributed by atoms with Crippen molar-refractivity contribution in [1.82, 2.24) is 19.9 Å². The Morgan fingerprint density at radius 1 is 0.816 bits per heavy atom. The molecule has 4 heterocycles. The third-order valence-electron chi connectivity index (χ3n) is 6.88. The van der Waals surface area contributed by atoms with Crippen molar-refractivity contribution in [2.45, 2.75) is 32.1 Å². The highest BCUT2D eigenvalue weighted by Crippen LogP contribution is 2.36. The number of nitrogens with one attached hydrogen (secondary N) is 1. The summed E-state index contributed by atoms with van der Waals surface area (Å²) in [7, 11) is 0. The van der Waals surface area contributed by atoms with E-state index in [1.54, 1.807) is 42.1 Å². The Labute approximate surface area is 225 Å². The molecule has 5 N–H and O–H groups in total. The van der Waals surface area contributed by atoms with E-state index in [0.717, 1.165) is 55.9 Å². The monoisotopic (exact) mass is 523 g/mol. The van der Waals surface area contributed by atoms with Crippen LogP contribution in [0.15, 0.2) is 67.1 Å². The van der Waals surface area contributed by atoms with Crippen molar-refractivity contribution in [3.05, 3.63) is 67.1 Å². The quantitative estimate of drug-likeness (QED) is 0.214. The Kier molecular flexibility index (Phi) is 6.75. The van der Waals surface area contributed by atoms with Crippen LogP contribution in [-0.2, 0) is 0 Å². The van der Waals surface area contributed by atoms with Crippen LogP contribution in [0.25, 0.3) is 32.6 Å². The molecule has 1 fully saturated rings. The second kappa shape index (κ2) is 10.6. The molecule has 9 heteroatoms. The van der Waals surface area contributed by atoms with Gasteiger partial charge in [-0.2, -0.15) is 0 Å². The number of pyridine rings is 3. The van der Waals surface area contributed by atoms with Gasteiger partial charge < -0.3 is 21.5 Å². The molecule has 0 bridgehead atoms. The number of aromatic nitrogens is 4. The molecular weight excluding hydrogens is 494 g/mol. The van der Waals surface area contributed by atoms with Gasteiger partial charge in [-0.15, -0.1) is 0 Å². The van der Waals surface area contributed by atoms with Gasteiger partial charge >= 0.3 is 0 Å². The maximum atomic E-state index is 6.26. The summed E-state index contributed by atoms with van der Waals surface area (Å²) in [6, 6.07) is 15.3. The molecule has 0 radical (unpaired) electrons. The lowest BCUT2D eigenvalue weighted by atomic mass is 9.89. The Morgan fingerprint density at radius 2 is 1.58 bits per heavy atom. The molecule has 4 aromatic heterocycles. The van der Waals surface area contributed by atoms with Crippen molar-refractivity contribution in [2.75, 3.05) is 23.3 Å². The summed E-state index contributed by atoms with van der Waals surface area (Å²) in [5.74, 6) is 3.00. The van der Waals surface area contributed by atoms with Gasteiger partial charge in [-0.25, -0.2) is 15.0 Å². The van der Waals surface area contributed by atoms with Gasteiger partial charge in [-0.05, 0) is 61.2 Å². The minimum Gasteiger partial charge on any atom is -0.456 e. The van der Waals surface area contributed by atoms with Gasteiger partial charge in [-0.3, -0.25) is 4.98 Å². The van der Waals surface area contributed by atoms with Crippen molar-refractivity contribution >= 4 is 38.3 Å². The zero-order valence-corrected chi connectivity index (χ0v) is 21.7. The molecule has 1 aliphatic rings. The summed E-state index contributed by atoms with van der Waals surface area (Å²) < 4.78 is 7.34. The third-order valence-corrected chi connectivity index (χ3v) is 7.86. The molecule has 0 unspecified atom stereocenters. The molecule has 6 rings (SSSR count). The summed E-state index contributed by atoms with van der Waals surface area (Å²) in [5.41, 5.74) is 15.9.